The number of halogens is 1. The molecule has 0 bridgehead atoms. The number of amides is 1. The third-order valence-corrected chi connectivity index (χ3v) is 5.79. The molecule has 1 aromatic heterocycles. The van der Waals surface area contributed by atoms with Crippen molar-refractivity contribution < 1.29 is 28.2 Å². The van der Waals surface area contributed by atoms with Crippen LogP contribution in [-0.4, -0.2) is 28.8 Å². The van der Waals surface area contributed by atoms with Crippen LogP contribution in [0, 0.1) is 5.82 Å². The van der Waals surface area contributed by atoms with E-state index in [1.165, 1.54) is 30.4 Å². The predicted octanol–water partition coefficient (Wildman–Crippen LogP) is 5.17. The van der Waals surface area contributed by atoms with Crippen molar-refractivity contribution >= 4 is 17.4 Å². The molecule has 2 heterocycles. The fourth-order valence-electron chi connectivity index (χ4n) is 3.99. The summed E-state index contributed by atoms with van der Waals surface area (Å²) in [5.41, 5.74) is 1.72. The van der Waals surface area contributed by atoms with Gasteiger partial charge < -0.3 is 19.2 Å². The number of hydrogen-bond acceptors (Lipinski definition) is 5. The van der Waals surface area contributed by atoms with Crippen LogP contribution in [0.15, 0.2) is 70.9 Å². The van der Waals surface area contributed by atoms with Gasteiger partial charge in [-0.3, -0.25) is 9.59 Å². The topological polar surface area (TPSA) is 80.0 Å². The summed E-state index contributed by atoms with van der Waals surface area (Å²) in [6.07, 6.45) is 1.48. The Morgan fingerprint density at radius 1 is 1.15 bits per heavy atom. The first-order chi connectivity index (χ1) is 15.8. The van der Waals surface area contributed by atoms with E-state index in [9.17, 15) is 19.1 Å². The van der Waals surface area contributed by atoms with Crippen LogP contribution < -0.4 is 4.74 Å². The van der Waals surface area contributed by atoms with Crippen molar-refractivity contribution in [1.29, 1.82) is 0 Å². The molecule has 0 aliphatic carbocycles. The Morgan fingerprint density at radius 2 is 1.88 bits per heavy atom. The van der Waals surface area contributed by atoms with Crippen LogP contribution in [0.3, 0.4) is 0 Å². The lowest BCUT2D eigenvalue weighted by atomic mass is 9.93. The highest BCUT2D eigenvalue weighted by Crippen LogP contribution is 2.41. The average Bonchev–Trinajstić information content (AvgIpc) is 3.41. The highest BCUT2D eigenvalue weighted by Gasteiger charge is 2.46. The van der Waals surface area contributed by atoms with Gasteiger partial charge in [0.2, 0.25) is 0 Å². The van der Waals surface area contributed by atoms with Crippen LogP contribution in [0.4, 0.5) is 4.39 Å². The van der Waals surface area contributed by atoms with Gasteiger partial charge in [0.05, 0.1) is 31.5 Å². The van der Waals surface area contributed by atoms with Crippen molar-refractivity contribution in [2.45, 2.75) is 32.4 Å². The molecule has 0 unspecified atom stereocenters. The van der Waals surface area contributed by atoms with E-state index in [-0.39, 0.29) is 23.4 Å². The first-order valence-corrected chi connectivity index (χ1v) is 10.6. The Kier molecular flexibility index (Phi) is 6.05. The normalized spacial score (nSPS) is 17.7. The monoisotopic (exact) mass is 449 g/mol. The number of methoxy groups -OCH3 is 1. The quantitative estimate of drug-likeness (QED) is 0.319. The Morgan fingerprint density at radius 3 is 2.45 bits per heavy atom. The largest absolute Gasteiger partial charge is 0.507 e. The summed E-state index contributed by atoms with van der Waals surface area (Å²) in [6.45, 7) is 4.17. The number of ketones is 1. The van der Waals surface area contributed by atoms with Gasteiger partial charge in [-0.25, -0.2) is 4.39 Å². The standard InChI is InChI=1S/C26H24FNO5/c1-15(2)16-6-8-17(9-7-16)23-22(24(29)18-10-11-21(32-3)20(27)13-18)25(30)26(31)28(23)14-19-5-4-12-33-19/h4-13,15,23,29H,14H2,1-3H3/t23-/m1/s1. The zero-order valence-electron chi connectivity index (χ0n) is 18.5. The third kappa shape index (κ3) is 4.14. The number of aliphatic hydroxyl groups is 1. The summed E-state index contributed by atoms with van der Waals surface area (Å²) in [5, 5.41) is 11.1. The van der Waals surface area contributed by atoms with Gasteiger partial charge in [-0.2, -0.15) is 0 Å². The number of benzene rings is 2. The molecule has 1 amide bonds. The summed E-state index contributed by atoms with van der Waals surface area (Å²) < 4.78 is 24.6. The van der Waals surface area contributed by atoms with Crippen LogP contribution in [0.5, 0.6) is 5.75 Å². The zero-order valence-corrected chi connectivity index (χ0v) is 18.5. The van der Waals surface area contributed by atoms with Crippen molar-refractivity contribution in [3.63, 3.8) is 0 Å². The fourth-order valence-corrected chi connectivity index (χ4v) is 3.99. The molecular formula is C26H24FNO5. The van der Waals surface area contributed by atoms with Gasteiger partial charge in [-0.05, 0) is 47.4 Å². The molecule has 0 radical (unpaired) electrons. The second kappa shape index (κ2) is 8.94. The molecule has 0 spiro atoms. The molecule has 170 valence electrons. The minimum Gasteiger partial charge on any atom is -0.507 e. The number of aliphatic hydroxyl groups excluding tert-OH is 1. The number of hydrogen-bond donors (Lipinski definition) is 1. The molecule has 1 aliphatic heterocycles. The van der Waals surface area contributed by atoms with E-state index in [4.69, 9.17) is 9.15 Å². The molecule has 1 N–H and O–H groups in total. The average molecular weight is 449 g/mol. The molecule has 4 rings (SSSR count). The second-order valence-electron chi connectivity index (χ2n) is 8.18. The van der Waals surface area contributed by atoms with E-state index in [1.807, 2.05) is 24.3 Å². The predicted molar refractivity (Wildman–Crippen MR) is 120 cm³/mol. The summed E-state index contributed by atoms with van der Waals surface area (Å²) >= 11 is 0. The molecule has 2 aromatic carbocycles. The number of likely N-dealkylation sites (tertiary alicyclic amines) is 1. The zero-order chi connectivity index (χ0) is 23.7. The second-order valence-corrected chi connectivity index (χ2v) is 8.18. The highest BCUT2D eigenvalue weighted by atomic mass is 19.1. The first-order valence-electron chi connectivity index (χ1n) is 10.6. The fraction of sp³-hybridized carbons (Fsp3) is 0.231. The van der Waals surface area contributed by atoms with E-state index in [1.54, 1.807) is 12.1 Å². The van der Waals surface area contributed by atoms with Crippen molar-refractivity contribution in [2.75, 3.05) is 7.11 Å². The Bertz CT molecular complexity index is 1210. The molecule has 3 aromatic rings. The number of furan rings is 1. The molecule has 7 heteroatoms. The minimum atomic E-state index is -0.860. The number of rotatable bonds is 6. The van der Waals surface area contributed by atoms with Gasteiger partial charge >= 0.3 is 0 Å². The van der Waals surface area contributed by atoms with Crippen molar-refractivity contribution in [2.24, 2.45) is 0 Å². The lowest BCUT2D eigenvalue weighted by Gasteiger charge is -2.25. The molecule has 1 atom stereocenters. The van der Waals surface area contributed by atoms with Gasteiger partial charge in [-0.1, -0.05) is 38.1 Å². The van der Waals surface area contributed by atoms with Crippen LogP contribution in [0.1, 0.15) is 48.3 Å². The Hall–Kier alpha value is -3.87. The first kappa shape index (κ1) is 22.3. The molecule has 1 aliphatic rings. The van der Waals surface area contributed by atoms with E-state index >= 15 is 0 Å². The molecule has 1 fully saturated rings. The lowest BCUT2D eigenvalue weighted by molar-refractivity contribution is -0.140. The number of ether oxygens (including phenoxy) is 1. The van der Waals surface area contributed by atoms with Gasteiger partial charge in [0.1, 0.15) is 11.5 Å². The molecular weight excluding hydrogens is 425 g/mol. The van der Waals surface area contributed by atoms with Crippen molar-refractivity contribution in [3.05, 3.63) is 94.7 Å². The van der Waals surface area contributed by atoms with E-state index in [0.717, 1.165) is 11.6 Å². The molecule has 33 heavy (non-hydrogen) atoms. The maximum atomic E-state index is 14.3. The Labute approximate surface area is 190 Å². The number of carbonyl (C=O) groups excluding carboxylic acids is 2. The minimum absolute atomic E-state index is 0.00523. The van der Waals surface area contributed by atoms with Gasteiger partial charge in [-0.15, -0.1) is 0 Å². The molecule has 6 nitrogen and oxygen atoms in total. The van der Waals surface area contributed by atoms with E-state index < -0.39 is 29.3 Å². The SMILES string of the molecule is COc1ccc(C(O)=C2C(=O)C(=O)N(Cc3ccco3)[C@@H]2c2ccc(C(C)C)cc2)cc1F. The maximum Gasteiger partial charge on any atom is 0.296 e. The van der Waals surface area contributed by atoms with E-state index in [0.29, 0.717) is 17.2 Å². The third-order valence-electron chi connectivity index (χ3n) is 5.79. The number of nitrogens with zero attached hydrogens (tertiary/aromatic N) is 1. The summed E-state index contributed by atoms with van der Waals surface area (Å²) in [5.74, 6) is -1.94. The van der Waals surface area contributed by atoms with Crippen molar-refractivity contribution in [3.8, 4) is 5.75 Å². The smallest absolute Gasteiger partial charge is 0.296 e. The van der Waals surface area contributed by atoms with Crippen LogP contribution in [-0.2, 0) is 16.1 Å². The number of carbonyl (C=O) groups is 2. The molecule has 1 saturated heterocycles. The lowest BCUT2D eigenvalue weighted by Crippen LogP contribution is -2.29. The molecule has 0 saturated carbocycles. The van der Waals surface area contributed by atoms with E-state index in [2.05, 4.69) is 13.8 Å². The van der Waals surface area contributed by atoms with Gasteiger partial charge in [0.15, 0.2) is 11.6 Å². The van der Waals surface area contributed by atoms with Crippen LogP contribution >= 0.6 is 0 Å². The summed E-state index contributed by atoms with van der Waals surface area (Å²) in [4.78, 5) is 27.4. The highest BCUT2D eigenvalue weighted by molar-refractivity contribution is 6.46. The van der Waals surface area contributed by atoms with Crippen LogP contribution in [0.2, 0.25) is 0 Å². The number of Topliss-reactive ketones (excluding diaryl/α,β-unsaturated/α-hetero) is 1. The van der Waals surface area contributed by atoms with Crippen molar-refractivity contribution in [1.82, 2.24) is 4.90 Å². The summed E-state index contributed by atoms with van der Waals surface area (Å²) in [6, 6.07) is 13.9. The van der Waals surface area contributed by atoms with Gasteiger partial charge in [0.25, 0.3) is 11.7 Å². The van der Waals surface area contributed by atoms with Gasteiger partial charge in [0, 0.05) is 5.56 Å². The maximum absolute atomic E-state index is 14.3. The Balaban J connectivity index is 1.85. The summed E-state index contributed by atoms with van der Waals surface area (Å²) in [7, 11) is 1.33. The van der Waals surface area contributed by atoms with Crippen LogP contribution in [0.25, 0.3) is 5.76 Å².